The number of Topliss-reactive ketones (excluding diaryl/α,β-unsaturated/α-hetero) is 1. The van der Waals surface area contributed by atoms with E-state index in [2.05, 4.69) is 15.3 Å². The summed E-state index contributed by atoms with van der Waals surface area (Å²) in [5.74, 6) is -0.900. The number of carbonyl (C=O) groups is 2. The highest BCUT2D eigenvalue weighted by molar-refractivity contribution is 7.14. The molecule has 0 saturated heterocycles. The van der Waals surface area contributed by atoms with Crippen molar-refractivity contribution in [3.8, 4) is 11.4 Å². The van der Waals surface area contributed by atoms with Crippen LogP contribution >= 0.6 is 11.3 Å². The van der Waals surface area contributed by atoms with Crippen molar-refractivity contribution in [2.75, 3.05) is 5.32 Å². The van der Waals surface area contributed by atoms with E-state index in [4.69, 9.17) is 0 Å². The normalized spacial score (nSPS) is 10.4. The summed E-state index contributed by atoms with van der Waals surface area (Å²) in [5.41, 5.74) is 1.80. The maximum Gasteiger partial charge on any atom is 0.226 e. The molecule has 5 nitrogen and oxygen atoms in total. The van der Waals surface area contributed by atoms with E-state index in [0.29, 0.717) is 16.4 Å². The van der Waals surface area contributed by atoms with Crippen LogP contribution in [0.2, 0.25) is 0 Å². The van der Waals surface area contributed by atoms with Gasteiger partial charge in [-0.25, -0.2) is 9.37 Å². The number of pyridine rings is 1. The summed E-state index contributed by atoms with van der Waals surface area (Å²) in [6.07, 6.45) is 1.76. The fraction of sp³-hybridized carbons (Fsp3) is 0.111. The van der Waals surface area contributed by atoms with Gasteiger partial charge in [0.1, 0.15) is 11.5 Å². The zero-order valence-corrected chi connectivity index (χ0v) is 13.9. The minimum Gasteiger partial charge on any atom is -0.302 e. The lowest BCUT2D eigenvalue weighted by Gasteiger charge is -2.02. The van der Waals surface area contributed by atoms with Crippen LogP contribution in [0.1, 0.15) is 23.2 Å². The van der Waals surface area contributed by atoms with Gasteiger partial charge in [-0.1, -0.05) is 6.07 Å². The Morgan fingerprint density at radius 1 is 1.04 bits per heavy atom. The van der Waals surface area contributed by atoms with E-state index in [1.54, 1.807) is 6.20 Å². The van der Waals surface area contributed by atoms with Crippen LogP contribution in [0.3, 0.4) is 0 Å². The summed E-state index contributed by atoms with van der Waals surface area (Å²) >= 11 is 1.30. The molecule has 1 amide bonds. The standard InChI is InChI=1S/C18H14FN3O2S/c19-13-6-4-12(5-7-13)16(23)8-9-17(24)22-18-21-15(11-25-18)14-3-1-2-10-20-14/h1-7,10-11H,8-9H2,(H,21,22,24). The summed E-state index contributed by atoms with van der Waals surface area (Å²) in [6, 6.07) is 10.8. The van der Waals surface area contributed by atoms with Gasteiger partial charge in [-0.15, -0.1) is 11.3 Å². The van der Waals surface area contributed by atoms with E-state index in [-0.39, 0.29) is 24.5 Å². The first-order chi connectivity index (χ1) is 12.1. The number of carbonyl (C=O) groups excluding carboxylic acids is 2. The fourth-order valence-corrected chi connectivity index (χ4v) is 2.87. The second-order valence-electron chi connectivity index (χ2n) is 5.23. The summed E-state index contributed by atoms with van der Waals surface area (Å²) in [6.45, 7) is 0. The maximum absolute atomic E-state index is 12.8. The number of halogens is 1. The number of nitrogens with one attached hydrogen (secondary N) is 1. The van der Waals surface area contributed by atoms with Crippen LogP contribution in [0.15, 0.2) is 54.0 Å². The van der Waals surface area contributed by atoms with Gasteiger partial charge in [-0.2, -0.15) is 0 Å². The highest BCUT2D eigenvalue weighted by Gasteiger charge is 2.12. The van der Waals surface area contributed by atoms with E-state index in [9.17, 15) is 14.0 Å². The van der Waals surface area contributed by atoms with Gasteiger partial charge >= 0.3 is 0 Å². The molecule has 0 unspecified atom stereocenters. The number of aromatic nitrogens is 2. The molecule has 0 atom stereocenters. The Morgan fingerprint density at radius 2 is 1.84 bits per heavy atom. The third kappa shape index (κ3) is 4.54. The maximum atomic E-state index is 12.8. The molecule has 2 aromatic heterocycles. The van der Waals surface area contributed by atoms with Gasteiger partial charge in [-0.3, -0.25) is 14.6 Å². The van der Waals surface area contributed by atoms with E-state index in [1.807, 2.05) is 23.6 Å². The molecule has 0 spiro atoms. The smallest absolute Gasteiger partial charge is 0.226 e. The largest absolute Gasteiger partial charge is 0.302 e. The summed E-state index contributed by atoms with van der Waals surface area (Å²) in [4.78, 5) is 32.5. The van der Waals surface area contributed by atoms with Gasteiger partial charge in [-0.05, 0) is 36.4 Å². The van der Waals surface area contributed by atoms with Crippen LogP contribution in [0.25, 0.3) is 11.4 Å². The molecule has 126 valence electrons. The average Bonchev–Trinajstić information content (AvgIpc) is 3.09. The summed E-state index contributed by atoms with van der Waals surface area (Å²) in [7, 11) is 0. The molecule has 3 rings (SSSR count). The third-order valence-corrected chi connectivity index (χ3v) is 4.18. The van der Waals surface area contributed by atoms with E-state index >= 15 is 0 Å². The van der Waals surface area contributed by atoms with Crippen molar-refractivity contribution in [3.05, 3.63) is 65.4 Å². The minimum atomic E-state index is -0.401. The fourth-order valence-electron chi connectivity index (χ4n) is 2.15. The number of hydrogen-bond acceptors (Lipinski definition) is 5. The minimum absolute atomic E-state index is 0.0364. The van der Waals surface area contributed by atoms with Crippen LogP contribution in [0.4, 0.5) is 9.52 Å². The third-order valence-electron chi connectivity index (χ3n) is 3.42. The zero-order chi connectivity index (χ0) is 17.6. The molecule has 25 heavy (non-hydrogen) atoms. The van der Waals surface area contributed by atoms with Crippen LogP contribution < -0.4 is 5.32 Å². The Bertz CT molecular complexity index is 879. The van der Waals surface area contributed by atoms with E-state index in [1.165, 1.54) is 35.6 Å². The highest BCUT2D eigenvalue weighted by Crippen LogP contribution is 2.23. The number of benzene rings is 1. The first-order valence-electron chi connectivity index (χ1n) is 7.57. The second kappa shape index (κ2) is 7.76. The number of ketones is 1. The quantitative estimate of drug-likeness (QED) is 0.680. The molecular weight excluding hydrogens is 341 g/mol. The molecule has 0 radical (unpaired) electrons. The average molecular weight is 355 g/mol. The first-order valence-corrected chi connectivity index (χ1v) is 8.45. The molecular formula is C18H14FN3O2S. The zero-order valence-electron chi connectivity index (χ0n) is 13.1. The predicted octanol–water partition coefficient (Wildman–Crippen LogP) is 3.95. The molecule has 0 bridgehead atoms. The number of rotatable bonds is 6. The van der Waals surface area contributed by atoms with Crippen molar-refractivity contribution < 1.29 is 14.0 Å². The van der Waals surface area contributed by atoms with Crippen LogP contribution in [-0.4, -0.2) is 21.7 Å². The van der Waals surface area contributed by atoms with Crippen molar-refractivity contribution in [2.45, 2.75) is 12.8 Å². The lowest BCUT2D eigenvalue weighted by Crippen LogP contribution is -2.13. The van der Waals surface area contributed by atoms with Crippen molar-refractivity contribution in [2.24, 2.45) is 0 Å². The van der Waals surface area contributed by atoms with Crippen molar-refractivity contribution in [3.63, 3.8) is 0 Å². The summed E-state index contributed by atoms with van der Waals surface area (Å²) in [5, 5.41) is 4.94. The number of amides is 1. The van der Waals surface area contributed by atoms with Gasteiger partial charge in [0.15, 0.2) is 10.9 Å². The molecule has 1 N–H and O–H groups in total. The predicted molar refractivity (Wildman–Crippen MR) is 93.9 cm³/mol. The molecule has 0 saturated carbocycles. The topological polar surface area (TPSA) is 72.0 Å². The van der Waals surface area contributed by atoms with Crippen LogP contribution in [-0.2, 0) is 4.79 Å². The molecule has 7 heteroatoms. The summed E-state index contributed by atoms with van der Waals surface area (Å²) < 4.78 is 12.8. The first kappa shape index (κ1) is 16.9. The Labute approximate surface area is 147 Å². The molecule has 0 aliphatic rings. The molecule has 3 aromatic rings. The number of hydrogen-bond donors (Lipinski definition) is 1. The Morgan fingerprint density at radius 3 is 2.56 bits per heavy atom. The Balaban J connectivity index is 1.54. The highest BCUT2D eigenvalue weighted by atomic mass is 32.1. The van der Waals surface area contributed by atoms with Crippen molar-refractivity contribution >= 4 is 28.2 Å². The van der Waals surface area contributed by atoms with E-state index in [0.717, 1.165) is 5.69 Å². The lowest BCUT2D eigenvalue weighted by atomic mass is 10.1. The second-order valence-corrected chi connectivity index (χ2v) is 6.09. The SMILES string of the molecule is O=C(CCC(=O)c1ccc(F)cc1)Nc1nc(-c2ccccn2)cs1. The molecule has 0 aliphatic heterocycles. The number of anilines is 1. The van der Waals surface area contributed by atoms with Crippen molar-refractivity contribution in [1.82, 2.24) is 9.97 Å². The lowest BCUT2D eigenvalue weighted by molar-refractivity contribution is -0.116. The van der Waals surface area contributed by atoms with Gasteiger partial charge in [0.05, 0.1) is 5.69 Å². The number of thiazole rings is 1. The Hall–Kier alpha value is -2.93. The number of nitrogens with zero attached hydrogens (tertiary/aromatic N) is 2. The van der Waals surface area contributed by atoms with Gasteiger partial charge < -0.3 is 5.32 Å². The van der Waals surface area contributed by atoms with Crippen LogP contribution in [0, 0.1) is 5.82 Å². The van der Waals surface area contributed by atoms with Crippen molar-refractivity contribution in [1.29, 1.82) is 0 Å². The van der Waals surface area contributed by atoms with Crippen LogP contribution in [0.5, 0.6) is 0 Å². The van der Waals surface area contributed by atoms with E-state index < -0.39 is 5.82 Å². The molecule has 0 fully saturated rings. The molecule has 1 aromatic carbocycles. The van der Waals surface area contributed by atoms with Gasteiger partial charge in [0.2, 0.25) is 5.91 Å². The van der Waals surface area contributed by atoms with Gasteiger partial charge in [0, 0.05) is 30.0 Å². The Kier molecular flexibility index (Phi) is 5.25. The molecule has 2 heterocycles. The van der Waals surface area contributed by atoms with Gasteiger partial charge in [0.25, 0.3) is 0 Å². The monoisotopic (exact) mass is 355 g/mol. The molecule has 0 aliphatic carbocycles.